The lowest BCUT2D eigenvalue weighted by Gasteiger charge is -2.05. The fourth-order valence-corrected chi connectivity index (χ4v) is 2.33. The summed E-state index contributed by atoms with van der Waals surface area (Å²) >= 11 is 0. The summed E-state index contributed by atoms with van der Waals surface area (Å²) in [5.41, 5.74) is 1.59. The quantitative estimate of drug-likeness (QED) is 0.733. The van der Waals surface area contributed by atoms with Crippen LogP contribution in [0.1, 0.15) is 15.9 Å². The predicted octanol–water partition coefficient (Wildman–Crippen LogP) is 2.10. The highest BCUT2D eigenvalue weighted by Crippen LogP contribution is 2.24. The summed E-state index contributed by atoms with van der Waals surface area (Å²) in [5, 5.41) is 21.6. The van der Waals surface area contributed by atoms with Crippen molar-refractivity contribution in [3.05, 3.63) is 53.6 Å². The van der Waals surface area contributed by atoms with Gasteiger partial charge in [-0.1, -0.05) is 12.1 Å². The minimum absolute atomic E-state index is 0.0477. The molecule has 25 heavy (non-hydrogen) atoms. The van der Waals surface area contributed by atoms with E-state index in [-0.39, 0.29) is 11.3 Å². The molecular formula is C17H16N4O4. The Morgan fingerprint density at radius 2 is 1.88 bits per heavy atom. The molecule has 0 aliphatic carbocycles. The average molecular weight is 340 g/mol. The van der Waals surface area contributed by atoms with E-state index in [1.54, 1.807) is 19.2 Å². The molecule has 1 heterocycles. The second kappa shape index (κ2) is 7.00. The van der Waals surface area contributed by atoms with E-state index in [4.69, 9.17) is 9.47 Å². The minimum Gasteiger partial charge on any atom is -0.497 e. The first-order valence-electron chi connectivity index (χ1n) is 7.43. The maximum atomic E-state index is 11.3. The molecule has 0 amide bonds. The van der Waals surface area contributed by atoms with Crippen molar-refractivity contribution < 1.29 is 19.4 Å². The topological polar surface area (TPSA) is 99.4 Å². The van der Waals surface area contributed by atoms with Crippen molar-refractivity contribution in [2.45, 2.75) is 6.54 Å². The fraction of sp³-hybridized carbons (Fsp3) is 0.176. The SMILES string of the molecule is COc1ccc(Cn2nnc(-c3ccc(OC)c(C(=O)O)c3)n2)cc1. The number of aromatic carboxylic acids is 1. The number of hydrogen-bond donors (Lipinski definition) is 1. The summed E-state index contributed by atoms with van der Waals surface area (Å²) in [7, 11) is 3.03. The molecule has 0 aliphatic rings. The molecule has 0 saturated carbocycles. The van der Waals surface area contributed by atoms with Crippen LogP contribution in [0.2, 0.25) is 0 Å². The summed E-state index contributed by atoms with van der Waals surface area (Å²) in [4.78, 5) is 12.8. The molecule has 0 atom stereocenters. The third-order valence-electron chi connectivity index (χ3n) is 3.62. The van der Waals surface area contributed by atoms with Gasteiger partial charge < -0.3 is 14.6 Å². The standard InChI is InChI=1S/C17H16N4O4/c1-24-13-6-3-11(4-7-13)10-21-19-16(18-20-21)12-5-8-15(25-2)14(9-12)17(22)23/h3-9H,10H2,1-2H3,(H,22,23). The van der Waals surface area contributed by atoms with Crippen LogP contribution in [0, 0.1) is 0 Å². The van der Waals surface area contributed by atoms with Crippen LogP contribution in [-0.4, -0.2) is 45.5 Å². The Kier molecular flexibility index (Phi) is 4.60. The Morgan fingerprint density at radius 1 is 1.12 bits per heavy atom. The van der Waals surface area contributed by atoms with Crippen LogP contribution in [0.25, 0.3) is 11.4 Å². The van der Waals surface area contributed by atoms with Crippen LogP contribution < -0.4 is 9.47 Å². The van der Waals surface area contributed by atoms with Crippen LogP contribution in [-0.2, 0) is 6.54 Å². The number of nitrogens with zero attached hydrogens (tertiary/aromatic N) is 4. The van der Waals surface area contributed by atoms with Crippen LogP contribution >= 0.6 is 0 Å². The molecule has 1 N–H and O–H groups in total. The molecule has 3 aromatic rings. The molecule has 0 fully saturated rings. The first-order chi connectivity index (χ1) is 12.1. The van der Waals surface area contributed by atoms with Crippen LogP contribution in [0.3, 0.4) is 0 Å². The third-order valence-corrected chi connectivity index (χ3v) is 3.62. The molecule has 8 nitrogen and oxygen atoms in total. The first-order valence-corrected chi connectivity index (χ1v) is 7.43. The average Bonchev–Trinajstić information content (AvgIpc) is 3.10. The molecule has 128 valence electrons. The van der Waals surface area contributed by atoms with Crippen LogP contribution in [0.5, 0.6) is 11.5 Å². The second-order valence-corrected chi connectivity index (χ2v) is 5.21. The lowest BCUT2D eigenvalue weighted by molar-refractivity contribution is 0.0693. The third kappa shape index (κ3) is 3.57. The molecule has 2 aromatic carbocycles. The molecule has 8 heteroatoms. The van der Waals surface area contributed by atoms with Gasteiger partial charge in [-0.05, 0) is 41.1 Å². The van der Waals surface area contributed by atoms with Crippen molar-refractivity contribution in [3.8, 4) is 22.9 Å². The number of ether oxygens (including phenoxy) is 2. The van der Waals surface area contributed by atoms with E-state index < -0.39 is 5.97 Å². The Hall–Kier alpha value is -3.42. The van der Waals surface area contributed by atoms with Gasteiger partial charge in [-0.2, -0.15) is 4.80 Å². The Morgan fingerprint density at radius 3 is 2.52 bits per heavy atom. The molecule has 0 bridgehead atoms. The van der Waals surface area contributed by atoms with E-state index in [1.165, 1.54) is 18.0 Å². The number of carboxylic acid groups (broad SMARTS) is 1. The van der Waals surface area contributed by atoms with Crippen molar-refractivity contribution in [3.63, 3.8) is 0 Å². The van der Waals surface area contributed by atoms with Crippen molar-refractivity contribution in [2.24, 2.45) is 0 Å². The normalized spacial score (nSPS) is 10.5. The fourth-order valence-electron chi connectivity index (χ4n) is 2.33. The van der Waals surface area contributed by atoms with Gasteiger partial charge in [0.05, 0.1) is 20.8 Å². The lowest BCUT2D eigenvalue weighted by atomic mass is 10.1. The van der Waals surface area contributed by atoms with Gasteiger partial charge in [-0.25, -0.2) is 4.79 Å². The van der Waals surface area contributed by atoms with Crippen molar-refractivity contribution in [1.29, 1.82) is 0 Å². The largest absolute Gasteiger partial charge is 0.497 e. The van der Waals surface area contributed by atoms with Gasteiger partial charge >= 0.3 is 5.97 Å². The zero-order chi connectivity index (χ0) is 17.8. The minimum atomic E-state index is -1.08. The summed E-state index contributed by atoms with van der Waals surface area (Å²) in [6.07, 6.45) is 0. The maximum Gasteiger partial charge on any atom is 0.339 e. The summed E-state index contributed by atoms with van der Waals surface area (Å²) < 4.78 is 10.2. The van der Waals surface area contributed by atoms with E-state index in [0.717, 1.165) is 11.3 Å². The van der Waals surface area contributed by atoms with Crippen molar-refractivity contribution >= 4 is 5.97 Å². The molecule has 0 radical (unpaired) electrons. The number of carbonyl (C=O) groups is 1. The van der Waals surface area contributed by atoms with Gasteiger partial charge in [-0.15, -0.1) is 10.2 Å². The Labute approximate surface area is 143 Å². The Bertz CT molecular complexity index is 890. The van der Waals surface area contributed by atoms with Gasteiger partial charge in [0.2, 0.25) is 5.82 Å². The number of methoxy groups -OCH3 is 2. The number of benzene rings is 2. The number of aromatic nitrogens is 4. The molecule has 0 spiro atoms. The predicted molar refractivity (Wildman–Crippen MR) is 88.9 cm³/mol. The van der Waals surface area contributed by atoms with E-state index in [9.17, 15) is 9.90 Å². The highest BCUT2D eigenvalue weighted by molar-refractivity contribution is 5.92. The van der Waals surface area contributed by atoms with Gasteiger partial charge in [0.1, 0.15) is 17.1 Å². The van der Waals surface area contributed by atoms with Gasteiger partial charge in [0, 0.05) is 5.56 Å². The van der Waals surface area contributed by atoms with Gasteiger partial charge in [0.15, 0.2) is 0 Å². The number of tetrazole rings is 1. The molecule has 0 aliphatic heterocycles. The van der Waals surface area contributed by atoms with Gasteiger partial charge in [-0.3, -0.25) is 0 Å². The van der Waals surface area contributed by atoms with Crippen molar-refractivity contribution in [1.82, 2.24) is 20.2 Å². The van der Waals surface area contributed by atoms with E-state index in [0.29, 0.717) is 17.9 Å². The van der Waals surface area contributed by atoms with E-state index in [2.05, 4.69) is 15.4 Å². The molecule has 3 rings (SSSR count). The van der Waals surface area contributed by atoms with Crippen LogP contribution in [0.4, 0.5) is 0 Å². The number of hydrogen-bond acceptors (Lipinski definition) is 6. The summed E-state index contributed by atoms with van der Waals surface area (Å²) in [5.74, 6) is 0.320. The van der Waals surface area contributed by atoms with E-state index in [1.807, 2.05) is 24.3 Å². The smallest absolute Gasteiger partial charge is 0.339 e. The number of carboxylic acids is 1. The summed E-state index contributed by atoms with van der Waals surface area (Å²) in [6.45, 7) is 0.443. The first kappa shape index (κ1) is 16.4. The van der Waals surface area contributed by atoms with E-state index >= 15 is 0 Å². The monoisotopic (exact) mass is 340 g/mol. The highest BCUT2D eigenvalue weighted by atomic mass is 16.5. The summed E-state index contributed by atoms with van der Waals surface area (Å²) in [6, 6.07) is 12.3. The molecule has 0 saturated heterocycles. The van der Waals surface area contributed by atoms with Crippen molar-refractivity contribution in [2.75, 3.05) is 14.2 Å². The second-order valence-electron chi connectivity index (χ2n) is 5.21. The van der Waals surface area contributed by atoms with Gasteiger partial charge in [0.25, 0.3) is 0 Å². The maximum absolute atomic E-state index is 11.3. The molecule has 1 aromatic heterocycles. The zero-order valence-electron chi connectivity index (χ0n) is 13.7. The molecule has 0 unspecified atom stereocenters. The zero-order valence-corrected chi connectivity index (χ0v) is 13.7. The highest BCUT2D eigenvalue weighted by Gasteiger charge is 2.15. The number of rotatable bonds is 6. The molecular weight excluding hydrogens is 324 g/mol. The lowest BCUT2D eigenvalue weighted by Crippen LogP contribution is -2.04. The van der Waals surface area contributed by atoms with Crippen LogP contribution in [0.15, 0.2) is 42.5 Å². The Balaban J connectivity index is 1.83.